The normalized spacial score (nSPS) is 25.2. The van der Waals surface area contributed by atoms with Crippen LogP contribution in [-0.2, 0) is 0 Å². The highest BCUT2D eigenvalue weighted by Crippen LogP contribution is 2.38. The smallest absolute Gasteiger partial charge is 0.124 e. The average Bonchev–Trinajstić information content (AvgIpc) is 2.81. The van der Waals surface area contributed by atoms with Gasteiger partial charge in [0.15, 0.2) is 0 Å². The van der Waals surface area contributed by atoms with Gasteiger partial charge in [-0.2, -0.15) is 0 Å². The highest BCUT2D eigenvalue weighted by atomic mass is 79.9. The van der Waals surface area contributed by atoms with Gasteiger partial charge in [0.05, 0.1) is 6.61 Å². The van der Waals surface area contributed by atoms with E-state index >= 15 is 0 Å². The highest BCUT2D eigenvalue weighted by molar-refractivity contribution is 9.10. The summed E-state index contributed by atoms with van der Waals surface area (Å²) in [7, 11) is 0. The van der Waals surface area contributed by atoms with Crippen molar-refractivity contribution in [3.8, 4) is 5.75 Å². The first-order chi connectivity index (χ1) is 7.84. The Morgan fingerprint density at radius 1 is 1.25 bits per heavy atom. The van der Waals surface area contributed by atoms with Gasteiger partial charge in [-0.15, -0.1) is 0 Å². The van der Waals surface area contributed by atoms with Crippen LogP contribution >= 0.6 is 15.9 Å². The molecule has 2 heterocycles. The second-order valence-electron chi connectivity index (χ2n) is 4.58. The quantitative estimate of drug-likeness (QED) is 0.783. The number of rotatable bonds is 1. The summed E-state index contributed by atoms with van der Waals surface area (Å²) in [5.74, 6) is 1.08. The number of hydrogen-bond donors (Lipinski definition) is 0. The Morgan fingerprint density at radius 3 is 2.88 bits per heavy atom. The number of ether oxygens (including phenoxy) is 1. The van der Waals surface area contributed by atoms with Crippen molar-refractivity contribution < 1.29 is 4.74 Å². The van der Waals surface area contributed by atoms with Crippen LogP contribution in [-0.4, -0.2) is 24.6 Å². The first-order valence-electron chi connectivity index (χ1n) is 6.01. The van der Waals surface area contributed by atoms with Crippen LogP contribution < -0.4 is 4.74 Å². The molecule has 0 N–H and O–H groups in total. The Bertz CT molecular complexity index is 388. The van der Waals surface area contributed by atoms with E-state index in [9.17, 15) is 0 Å². The third kappa shape index (κ3) is 1.87. The second kappa shape index (κ2) is 4.38. The topological polar surface area (TPSA) is 12.5 Å². The summed E-state index contributed by atoms with van der Waals surface area (Å²) in [5.41, 5.74) is 1.36. The molecule has 1 aromatic carbocycles. The number of likely N-dealkylation sites (tertiary alicyclic amines) is 1. The largest absolute Gasteiger partial charge is 0.493 e. The Kier molecular flexibility index (Phi) is 2.90. The van der Waals surface area contributed by atoms with Gasteiger partial charge < -0.3 is 4.74 Å². The molecule has 0 aromatic heterocycles. The van der Waals surface area contributed by atoms with Crippen LogP contribution in [0, 0.1) is 0 Å². The summed E-state index contributed by atoms with van der Waals surface area (Å²) in [5, 5.41) is 0. The second-order valence-corrected chi connectivity index (χ2v) is 5.49. The minimum atomic E-state index is 0.573. The molecule has 1 fully saturated rings. The number of benzene rings is 1. The first kappa shape index (κ1) is 10.6. The van der Waals surface area contributed by atoms with Crippen LogP contribution in [0.25, 0.3) is 0 Å². The maximum Gasteiger partial charge on any atom is 0.124 e. The molecule has 2 aliphatic heterocycles. The fourth-order valence-corrected chi connectivity index (χ4v) is 3.16. The van der Waals surface area contributed by atoms with Gasteiger partial charge in [0.25, 0.3) is 0 Å². The molecule has 0 radical (unpaired) electrons. The molecular formula is C13H16BrNO. The zero-order valence-electron chi connectivity index (χ0n) is 9.29. The van der Waals surface area contributed by atoms with Crippen LogP contribution in [0.3, 0.4) is 0 Å². The van der Waals surface area contributed by atoms with E-state index in [1.54, 1.807) is 0 Å². The Balaban J connectivity index is 1.94. The maximum atomic E-state index is 5.72. The van der Waals surface area contributed by atoms with Gasteiger partial charge in [-0.3, -0.25) is 4.90 Å². The predicted molar refractivity (Wildman–Crippen MR) is 67.8 cm³/mol. The summed E-state index contributed by atoms with van der Waals surface area (Å²) in [4.78, 5) is 2.60. The van der Waals surface area contributed by atoms with Gasteiger partial charge in [-0.1, -0.05) is 15.9 Å². The molecule has 2 nitrogen and oxygen atoms in total. The molecule has 1 atom stereocenters. The third-order valence-corrected chi connectivity index (χ3v) is 4.05. The lowest BCUT2D eigenvalue weighted by molar-refractivity contribution is 0.165. The van der Waals surface area contributed by atoms with Crippen molar-refractivity contribution in [1.29, 1.82) is 0 Å². The SMILES string of the molecule is Brc1ccc2c(c1)C(N1CCCC1)CCO2. The van der Waals surface area contributed by atoms with Crippen LogP contribution in [0.4, 0.5) is 0 Å². The van der Waals surface area contributed by atoms with Crippen LogP contribution in [0.15, 0.2) is 22.7 Å². The molecule has 0 amide bonds. The van der Waals surface area contributed by atoms with Gasteiger partial charge in [0.1, 0.15) is 5.75 Å². The number of nitrogens with zero attached hydrogens (tertiary/aromatic N) is 1. The van der Waals surface area contributed by atoms with Crippen molar-refractivity contribution in [3.05, 3.63) is 28.2 Å². The molecule has 1 aromatic rings. The van der Waals surface area contributed by atoms with E-state index in [1.165, 1.54) is 31.5 Å². The fraction of sp³-hybridized carbons (Fsp3) is 0.538. The molecule has 0 bridgehead atoms. The van der Waals surface area contributed by atoms with E-state index in [0.717, 1.165) is 23.2 Å². The lowest BCUT2D eigenvalue weighted by atomic mass is 9.99. The van der Waals surface area contributed by atoms with Crippen molar-refractivity contribution in [2.24, 2.45) is 0 Å². The highest BCUT2D eigenvalue weighted by Gasteiger charge is 2.28. The lowest BCUT2D eigenvalue weighted by Gasteiger charge is -2.33. The zero-order chi connectivity index (χ0) is 11.0. The summed E-state index contributed by atoms with van der Waals surface area (Å²) in [6, 6.07) is 6.94. The molecule has 0 aliphatic carbocycles. The molecule has 3 rings (SSSR count). The number of hydrogen-bond acceptors (Lipinski definition) is 2. The van der Waals surface area contributed by atoms with E-state index in [0.29, 0.717) is 6.04 Å². The van der Waals surface area contributed by atoms with Crippen molar-refractivity contribution >= 4 is 15.9 Å². The molecule has 1 saturated heterocycles. The molecule has 1 unspecified atom stereocenters. The van der Waals surface area contributed by atoms with Crippen molar-refractivity contribution in [2.45, 2.75) is 25.3 Å². The van der Waals surface area contributed by atoms with Crippen LogP contribution in [0.1, 0.15) is 30.9 Å². The zero-order valence-corrected chi connectivity index (χ0v) is 10.9. The lowest BCUT2D eigenvalue weighted by Crippen LogP contribution is -2.30. The monoisotopic (exact) mass is 281 g/mol. The first-order valence-corrected chi connectivity index (χ1v) is 6.80. The summed E-state index contributed by atoms with van der Waals surface area (Å²) < 4.78 is 6.87. The number of halogens is 1. The van der Waals surface area contributed by atoms with Crippen molar-refractivity contribution in [3.63, 3.8) is 0 Å². The number of fused-ring (bicyclic) bond motifs is 1. The Labute approximate surface area is 105 Å². The summed E-state index contributed by atoms with van der Waals surface area (Å²) >= 11 is 3.55. The predicted octanol–water partition coefficient (Wildman–Crippen LogP) is 3.37. The van der Waals surface area contributed by atoms with E-state index in [4.69, 9.17) is 4.74 Å². The van der Waals surface area contributed by atoms with Gasteiger partial charge in [0, 0.05) is 22.5 Å². The minimum Gasteiger partial charge on any atom is -0.493 e. The molecular weight excluding hydrogens is 266 g/mol. The minimum absolute atomic E-state index is 0.573. The summed E-state index contributed by atoms with van der Waals surface area (Å²) in [6.07, 6.45) is 3.82. The fourth-order valence-electron chi connectivity index (χ4n) is 2.78. The van der Waals surface area contributed by atoms with Crippen molar-refractivity contribution in [2.75, 3.05) is 19.7 Å². The standard InChI is InChI=1S/C13H16BrNO/c14-10-3-4-13-11(9-10)12(5-8-16-13)15-6-1-2-7-15/h3-4,9,12H,1-2,5-8H2. The van der Waals surface area contributed by atoms with Gasteiger partial charge >= 0.3 is 0 Å². The van der Waals surface area contributed by atoms with Gasteiger partial charge in [-0.25, -0.2) is 0 Å². The molecule has 0 saturated carbocycles. The Hall–Kier alpha value is -0.540. The van der Waals surface area contributed by atoms with Crippen LogP contribution in [0.2, 0.25) is 0 Å². The van der Waals surface area contributed by atoms with E-state index < -0.39 is 0 Å². The Morgan fingerprint density at radius 2 is 2.06 bits per heavy atom. The average molecular weight is 282 g/mol. The molecule has 3 heteroatoms. The maximum absolute atomic E-state index is 5.72. The van der Waals surface area contributed by atoms with Gasteiger partial charge in [-0.05, 0) is 44.1 Å². The van der Waals surface area contributed by atoms with E-state index in [1.807, 2.05) is 0 Å². The molecule has 86 valence electrons. The van der Waals surface area contributed by atoms with Crippen molar-refractivity contribution in [1.82, 2.24) is 4.90 Å². The molecule has 2 aliphatic rings. The molecule has 16 heavy (non-hydrogen) atoms. The van der Waals surface area contributed by atoms with Crippen LogP contribution in [0.5, 0.6) is 5.75 Å². The van der Waals surface area contributed by atoms with Gasteiger partial charge in [0.2, 0.25) is 0 Å². The van der Waals surface area contributed by atoms with E-state index in [-0.39, 0.29) is 0 Å². The molecule has 0 spiro atoms. The summed E-state index contributed by atoms with van der Waals surface area (Å²) in [6.45, 7) is 3.35. The van der Waals surface area contributed by atoms with E-state index in [2.05, 4.69) is 39.0 Å². The third-order valence-electron chi connectivity index (χ3n) is 3.56.